The van der Waals surface area contributed by atoms with Crippen molar-refractivity contribution in [2.24, 2.45) is 0 Å². The van der Waals surface area contributed by atoms with E-state index in [1.807, 2.05) is 0 Å². The molecule has 1 aromatic heterocycles. The molecule has 1 atom stereocenters. The first-order valence-corrected chi connectivity index (χ1v) is 5.67. The zero-order valence-electron chi connectivity index (χ0n) is 10.1. The Bertz CT molecular complexity index is 497. The van der Waals surface area contributed by atoms with Crippen LogP contribution >= 0.6 is 0 Å². The van der Waals surface area contributed by atoms with E-state index >= 15 is 0 Å². The molecule has 0 aliphatic heterocycles. The summed E-state index contributed by atoms with van der Waals surface area (Å²) < 4.78 is 0. The maximum Gasteiger partial charge on any atom is 0.0846 e. The Morgan fingerprint density at radius 3 is 2.71 bits per heavy atom. The summed E-state index contributed by atoms with van der Waals surface area (Å²) in [5, 5.41) is 17.6. The molecule has 1 N–H and O–H groups in total. The van der Waals surface area contributed by atoms with Crippen molar-refractivity contribution >= 4 is 0 Å². The highest BCUT2D eigenvalue weighted by molar-refractivity contribution is 5.31. The second-order valence-corrected chi connectivity index (χ2v) is 4.33. The highest BCUT2D eigenvalue weighted by Crippen LogP contribution is 2.20. The predicted molar refractivity (Wildman–Crippen MR) is 66.6 cm³/mol. The maximum atomic E-state index is 10.1. The molecule has 3 nitrogen and oxygen atoms in total. The molecule has 0 amide bonds. The van der Waals surface area contributed by atoms with Gasteiger partial charge < -0.3 is 5.11 Å². The second kappa shape index (κ2) is 5.06. The van der Waals surface area contributed by atoms with Gasteiger partial charge in [-0.3, -0.25) is 0 Å². The van der Waals surface area contributed by atoms with E-state index in [0.717, 1.165) is 5.56 Å². The van der Waals surface area contributed by atoms with E-state index in [9.17, 15) is 5.11 Å². The fourth-order valence-corrected chi connectivity index (χ4v) is 1.84. The number of rotatable bonds is 3. The summed E-state index contributed by atoms with van der Waals surface area (Å²) in [5.41, 5.74) is 4.40. The molecule has 0 saturated carbocycles. The van der Waals surface area contributed by atoms with Gasteiger partial charge in [0.25, 0.3) is 0 Å². The van der Waals surface area contributed by atoms with Crippen LogP contribution in [-0.4, -0.2) is 15.3 Å². The molecule has 2 aromatic rings. The molecule has 17 heavy (non-hydrogen) atoms. The molecule has 0 spiro atoms. The number of aromatic nitrogens is 2. The molecule has 1 unspecified atom stereocenters. The first-order chi connectivity index (χ1) is 8.16. The van der Waals surface area contributed by atoms with E-state index in [4.69, 9.17) is 0 Å². The van der Waals surface area contributed by atoms with Crippen molar-refractivity contribution in [1.29, 1.82) is 0 Å². The fourth-order valence-electron chi connectivity index (χ4n) is 1.84. The van der Waals surface area contributed by atoms with E-state index in [1.54, 1.807) is 18.5 Å². The molecule has 1 aromatic carbocycles. The molecular weight excluding hydrogens is 212 g/mol. The number of nitrogens with zero attached hydrogens (tertiary/aromatic N) is 2. The van der Waals surface area contributed by atoms with Crippen molar-refractivity contribution in [3.8, 4) is 0 Å². The quantitative estimate of drug-likeness (QED) is 0.877. The van der Waals surface area contributed by atoms with Gasteiger partial charge >= 0.3 is 0 Å². The molecular formula is C14H16N2O. The number of hydrogen-bond donors (Lipinski definition) is 1. The van der Waals surface area contributed by atoms with Gasteiger partial charge in [0.05, 0.1) is 12.3 Å². The zero-order valence-corrected chi connectivity index (χ0v) is 10.1. The monoisotopic (exact) mass is 228 g/mol. The summed E-state index contributed by atoms with van der Waals surface area (Å²) in [4.78, 5) is 0. The molecule has 0 fully saturated rings. The van der Waals surface area contributed by atoms with Gasteiger partial charge in [0.2, 0.25) is 0 Å². The summed E-state index contributed by atoms with van der Waals surface area (Å²) in [6.07, 6.45) is 3.29. The van der Waals surface area contributed by atoms with E-state index in [0.29, 0.717) is 6.42 Å². The number of aliphatic hydroxyl groups excluding tert-OH is 1. The minimum atomic E-state index is -0.522. The fraction of sp³-hybridized carbons (Fsp3) is 0.286. The van der Waals surface area contributed by atoms with Crippen molar-refractivity contribution in [2.75, 3.05) is 0 Å². The normalized spacial score (nSPS) is 12.4. The third-order valence-corrected chi connectivity index (χ3v) is 2.91. The molecule has 2 rings (SSSR count). The molecule has 0 radical (unpaired) electrons. The Morgan fingerprint density at radius 2 is 2.00 bits per heavy atom. The summed E-state index contributed by atoms with van der Waals surface area (Å²) in [7, 11) is 0. The van der Waals surface area contributed by atoms with Crippen molar-refractivity contribution in [3.05, 3.63) is 58.9 Å². The van der Waals surface area contributed by atoms with Gasteiger partial charge in [-0.2, -0.15) is 10.2 Å². The third-order valence-electron chi connectivity index (χ3n) is 2.91. The first-order valence-electron chi connectivity index (χ1n) is 5.67. The Labute approximate surface area is 101 Å². The standard InChI is InChI=1S/C14H16N2O/c1-10-3-4-11(2)13(7-10)8-14(17)12-5-6-15-16-9-12/h3-7,9,14,17H,8H2,1-2H3. The van der Waals surface area contributed by atoms with Crippen LogP contribution in [0.25, 0.3) is 0 Å². The lowest BCUT2D eigenvalue weighted by Crippen LogP contribution is -2.04. The van der Waals surface area contributed by atoms with Crippen LogP contribution < -0.4 is 0 Å². The Kier molecular flexibility index (Phi) is 3.49. The van der Waals surface area contributed by atoms with E-state index < -0.39 is 6.10 Å². The van der Waals surface area contributed by atoms with Crippen LogP contribution in [0, 0.1) is 13.8 Å². The van der Waals surface area contributed by atoms with E-state index in [2.05, 4.69) is 42.2 Å². The zero-order chi connectivity index (χ0) is 12.3. The molecule has 0 aliphatic rings. The van der Waals surface area contributed by atoms with Crippen molar-refractivity contribution in [1.82, 2.24) is 10.2 Å². The van der Waals surface area contributed by atoms with Crippen LogP contribution in [0.15, 0.2) is 36.7 Å². The highest BCUT2D eigenvalue weighted by Gasteiger charge is 2.10. The Balaban J connectivity index is 2.18. The van der Waals surface area contributed by atoms with Gasteiger partial charge in [-0.05, 0) is 31.0 Å². The highest BCUT2D eigenvalue weighted by atomic mass is 16.3. The van der Waals surface area contributed by atoms with Gasteiger partial charge in [0.15, 0.2) is 0 Å². The van der Waals surface area contributed by atoms with Crippen LogP contribution in [0.2, 0.25) is 0 Å². The molecule has 1 heterocycles. The molecule has 0 bridgehead atoms. The average molecular weight is 228 g/mol. The van der Waals surface area contributed by atoms with E-state index in [1.165, 1.54) is 16.7 Å². The van der Waals surface area contributed by atoms with Crippen LogP contribution in [0.1, 0.15) is 28.4 Å². The Hall–Kier alpha value is -1.74. The minimum absolute atomic E-state index is 0.522. The number of hydrogen-bond acceptors (Lipinski definition) is 3. The van der Waals surface area contributed by atoms with Gasteiger partial charge in [0.1, 0.15) is 0 Å². The lowest BCUT2D eigenvalue weighted by atomic mass is 9.98. The molecule has 88 valence electrons. The van der Waals surface area contributed by atoms with Gasteiger partial charge in [-0.25, -0.2) is 0 Å². The second-order valence-electron chi connectivity index (χ2n) is 4.33. The number of aryl methyl sites for hydroxylation is 2. The van der Waals surface area contributed by atoms with Crippen molar-refractivity contribution in [3.63, 3.8) is 0 Å². The lowest BCUT2D eigenvalue weighted by Gasteiger charge is -2.12. The number of aliphatic hydroxyl groups is 1. The van der Waals surface area contributed by atoms with Crippen LogP contribution in [-0.2, 0) is 6.42 Å². The van der Waals surface area contributed by atoms with Crippen LogP contribution in [0.4, 0.5) is 0 Å². The predicted octanol–water partition coefficient (Wildman–Crippen LogP) is 2.37. The minimum Gasteiger partial charge on any atom is -0.388 e. The molecule has 0 saturated heterocycles. The summed E-state index contributed by atoms with van der Waals surface area (Å²) >= 11 is 0. The third kappa shape index (κ3) is 2.88. The molecule has 3 heteroatoms. The van der Waals surface area contributed by atoms with Crippen molar-refractivity contribution < 1.29 is 5.11 Å². The summed E-state index contributed by atoms with van der Waals surface area (Å²) in [5.74, 6) is 0. The lowest BCUT2D eigenvalue weighted by molar-refractivity contribution is 0.177. The largest absolute Gasteiger partial charge is 0.388 e. The molecule has 0 aliphatic carbocycles. The average Bonchev–Trinajstić information content (AvgIpc) is 2.35. The van der Waals surface area contributed by atoms with Crippen molar-refractivity contribution in [2.45, 2.75) is 26.4 Å². The maximum absolute atomic E-state index is 10.1. The first kappa shape index (κ1) is 11.7. The SMILES string of the molecule is Cc1ccc(C)c(CC(O)c2ccnnc2)c1. The topological polar surface area (TPSA) is 46.0 Å². The van der Waals surface area contributed by atoms with E-state index in [-0.39, 0.29) is 0 Å². The van der Waals surface area contributed by atoms with Crippen LogP contribution in [0.3, 0.4) is 0 Å². The van der Waals surface area contributed by atoms with Gasteiger partial charge in [0, 0.05) is 18.2 Å². The van der Waals surface area contributed by atoms with Gasteiger partial charge in [-0.1, -0.05) is 23.8 Å². The Morgan fingerprint density at radius 1 is 1.18 bits per heavy atom. The number of benzene rings is 1. The van der Waals surface area contributed by atoms with Gasteiger partial charge in [-0.15, -0.1) is 0 Å². The van der Waals surface area contributed by atoms with Crippen LogP contribution in [0.5, 0.6) is 0 Å². The summed E-state index contributed by atoms with van der Waals surface area (Å²) in [6.45, 7) is 4.12. The summed E-state index contributed by atoms with van der Waals surface area (Å²) in [6, 6.07) is 8.08. The smallest absolute Gasteiger partial charge is 0.0846 e.